The SMILES string of the molecule is C=C1[C@@H](OC(=O)/C=C/c2ccccc2)C[C@H](O)[C@@]2(C)[C@@H](O)[C@H](OC(C)=O)[C@]34[C@H](C)CC[C@@H]([C@@H](OC(C)=O)[C@]123)C4(C)C. The summed E-state index contributed by atoms with van der Waals surface area (Å²) in [7, 11) is 0. The van der Waals surface area contributed by atoms with Crippen LogP contribution in [0.1, 0.15) is 66.4 Å². The quantitative estimate of drug-likeness (QED) is 0.235. The van der Waals surface area contributed by atoms with E-state index in [0.29, 0.717) is 5.57 Å². The fraction of sp³-hybridized carbons (Fsp3) is 0.606. The first-order valence-electron chi connectivity index (χ1n) is 14.5. The van der Waals surface area contributed by atoms with Gasteiger partial charge >= 0.3 is 17.9 Å². The molecular weight excluding hydrogens is 524 g/mol. The number of ether oxygens (including phenoxy) is 3. The van der Waals surface area contributed by atoms with Crippen molar-refractivity contribution >= 4 is 24.0 Å². The smallest absolute Gasteiger partial charge is 0.331 e. The summed E-state index contributed by atoms with van der Waals surface area (Å²) in [4.78, 5) is 38.4. The van der Waals surface area contributed by atoms with Crippen molar-refractivity contribution in [2.45, 2.75) is 91.3 Å². The van der Waals surface area contributed by atoms with Crippen molar-refractivity contribution in [1.82, 2.24) is 0 Å². The maximum absolute atomic E-state index is 13.1. The molecule has 0 aliphatic heterocycles. The molecule has 1 aromatic carbocycles. The molecule has 4 aliphatic carbocycles. The zero-order valence-electron chi connectivity index (χ0n) is 24.8. The average molecular weight is 567 g/mol. The number of aliphatic hydroxyl groups excluding tert-OH is 2. The van der Waals surface area contributed by atoms with Gasteiger partial charge in [0, 0.05) is 43.1 Å². The van der Waals surface area contributed by atoms with E-state index in [0.717, 1.165) is 18.4 Å². The van der Waals surface area contributed by atoms with Gasteiger partial charge in [0.15, 0.2) is 0 Å². The number of hydrogen-bond acceptors (Lipinski definition) is 8. The van der Waals surface area contributed by atoms with E-state index in [1.807, 2.05) is 30.3 Å². The Morgan fingerprint density at radius 2 is 1.56 bits per heavy atom. The molecule has 0 radical (unpaired) electrons. The highest BCUT2D eigenvalue weighted by atomic mass is 16.6. The molecule has 0 saturated heterocycles. The number of carbonyl (C=O) groups is 3. The van der Waals surface area contributed by atoms with Crippen molar-refractivity contribution < 1.29 is 38.8 Å². The van der Waals surface area contributed by atoms with Crippen LogP contribution in [0.5, 0.6) is 0 Å². The van der Waals surface area contributed by atoms with Crippen molar-refractivity contribution in [1.29, 1.82) is 0 Å². The first kappa shape index (κ1) is 29.5. The second-order valence-electron chi connectivity index (χ2n) is 13.2. The van der Waals surface area contributed by atoms with Gasteiger partial charge < -0.3 is 24.4 Å². The lowest BCUT2D eigenvalue weighted by molar-refractivity contribution is -0.203. The predicted octanol–water partition coefficient (Wildman–Crippen LogP) is 4.24. The number of carbonyl (C=O) groups excluding carboxylic acids is 3. The van der Waals surface area contributed by atoms with Gasteiger partial charge in [-0.1, -0.05) is 64.6 Å². The Labute approximate surface area is 241 Å². The monoisotopic (exact) mass is 566 g/mol. The number of rotatable bonds is 5. The summed E-state index contributed by atoms with van der Waals surface area (Å²) in [6.07, 6.45) is -0.724. The molecule has 222 valence electrons. The Hall–Kier alpha value is -2.97. The molecule has 2 spiro atoms. The van der Waals surface area contributed by atoms with Gasteiger partial charge in [-0.15, -0.1) is 0 Å². The molecule has 0 unspecified atom stereocenters. The van der Waals surface area contributed by atoms with Gasteiger partial charge in [0.1, 0.15) is 24.4 Å². The average Bonchev–Trinajstić information content (AvgIpc) is 3.12. The van der Waals surface area contributed by atoms with Crippen LogP contribution in [0.2, 0.25) is 0 Å². The Morgan fingerprint density at radius 1 is 0.951 bits per heavy atom. The minimum absolute atomic E-state index is 0.00575. The summed E-state index contributed by atoms with van der Waals surface area (Å²) < 4.78 is 18.2. The molecule has 0 heterocycles. The Kier molecular flexibility index (Phi) is 7.06. The van der Waals surface area contributed by atoms with Crippen LogP contribution in [0.15, 0.2) is 48.6 Å². The first-order valence-corrected chi connectivity index (χ1v) is 14.5. The molecule has 8 heteroatoms. The summed E-state index contributed by atoms with van der Waals surface area (Å²) in [5, 5.41) is 24.1. The van der Waals surface area contributed by atoms with Crippen LogP contribution < -0.4 is 0 Å². The van der Waals surface area contributed by atoms with Crippen LogP contribution in [0.25, 0.3) is 6.08 Å². The maximum Gasteiger partial charge on any atom is 0.331 e. The molecule has 2 bridgehead atoms. The van der Waals surface area contributed by atoms with Crippen molar-refractivity contribution in [3.05, 3.63) is 54.1 Å². The summed E-state index contributed by atoms with van der Waals surface area (Å²) in [5.41, 5.74) is -2.87. The minimum Gasteiger partial charge on any atom is -0.461 e. The summed E-state index contributed by atoms with van der Waals surface area (Å²) >= 11 is 0. The van der Waals surface area contributed by atoms with Crippen LogP contribution in [0, 0.1) is 33.5 Å². The lowest BCUT2D eigenvalue weighted by Gasteiger charge is -2.62. The number of esters is 3. The van der Waals surface area contributed by atoms with Gasteiger partial charge in [-0.05, 0) is 41.4 Å². The normalized spacial score (nSPS) is 42.3. The second kappa shape index (κ2) is 9.80. The van der Waals surface area contributed by atoms with Gasteiger partial charge in [-0.25, -0.2) is 4.79 Å². The highest BCUT2D eigenvalue weighted by molar-refractivity contribution is 5.87. The Morgan fingerprint density at radius 3 is 2.17 bits per heavy atom. The van der Waals surface area contributed by atoms with Gasteiger partial charge in [0.2, 0.25) is 0 Å². The van der Waals surface area contributed by atoms with Crippen molar-refractivity contribution in [3.63, 3.8) is 0 Å². The van der Waals surface area contributed by atoms with Crippen LogP contribution in [0.4, 0.5) is 0 Å². The number of fused-ring (bicyclic) bond motifs is 1. The largest absolute Gasteiger partial charge is 0.461 e. The van der Waals surface area contributed by atoms with E-state index in [4.69, 9.17) is 14.2 Å². The van der Waals surface area contributed by atoms with E-state index in [-0.39, 0.29) is 18.3 Å². The van der Waals surface area contributed by atoms with E-state index in [2.05, 4.69) is 27.4 Å². The molecule has 5 rings (SSSR count). The molecule has 10 atom stereocenters. The highest BCUT2D eigenvalue weighted by Gasteiger charge is 2.92. The maximum atomic E-state index is 13.1. The van der Waals surface area contributed by atoms with Crippen LogP contribution in [-0.2, 0) is 28.6 Å². The zero-order chi connectivity index (χ0) is 30.1. The zero-order valence-corrected chi connectivity index (χ0v) is 24.8. The van der Waals surface area contributed by atoms with Crippen molar-refractivity contribution in [2.24, 2.45) is 33.5 Å². The highest BCUT2D eigenvalue weighted by Crippen LogP contribution is 2.86. The van der Waals surface area contributed by atoms with Crippen LogP contribution in [-0.4, -0.2) is 58.6 Å². The first-order chi connectivity index (χ1) is 19.2. The fourth-order valence-electron chi connectivity index (χ4n) is 10.2. The molecule has 4 saturated carbocycles. The molecular formula is C33H42O8. The van der Waals surface area contributed by atoms with Crippen LogP contribution >= 0.6 is 0 Å². The lowest BCUT2D eigenvalue weighted by Crippen LogP contribution is -2.66. The van der Waals surface area contributed by atoms with Crippen LogP contribution in [0.3, 0.4) is 0 Å². The molecule has 41 heavy (non-hydrogen) atoms. The molecule has 4 aliphatic rings. The van der Waals surface area contributed by atoms with E-state index in [9.17, 15) is 24.6 Å². The minimum atomic E-state index is -1.32. The van der Waals surface area contributed by atoms with E-state index >= 15 is 0 Å². The molecule has 4 fully saturated rings. The van der Waals surface area contributed by atoms with Crippen molar-refractivity contribution in [3.8, 4) is 0 Å². The third-order valence-corrected chi connectivity index (χ3v) is 11.4. The third-order valence-electron chi connectivity index (χ3n) is 11.4. The number of benzene rings is 1. The van der Waals surface area contributed by atoms with Gasteiger partial charge in [0.05, 0.1) is 11.5 Å². The van der Waals surface area contributed by atoms with E-state index < -0.39 is 70.1 Å². The van der Waals surface area contributed by atoms with E-state index in [1.165, 1.54) is 19.9 Å². The molecule has 1 aromatic rings. The summed E-state index contributed by atoms with van der Waals surface area (Å²) in [5.74, 6) is -1.93. The molecule has 2 N–H and O–H groups in total. The molecule has 0 amide bonds. The third kappa shape index (κ3) is 3.62. The lowest BCUT2D eigenvalue weighted by atomic mass is 9.42. The molecule has 8 nitrogen and oxygen atoms in total. The predicted molar refractivity (Wildman–Crippen MR) is 151 cm³/mol. The number of hydrogen-bond donors (Lipinski definition) is 2. The standard InChI is InChI=1S/C33H42O8/c1-18-13-15-23-28(39-20(3)34)33-19(2)24(41-26(37)16-14-22-11-9-8-10-12-22)17-25(36)31(33,7)27(38)29(40-21(4)35)32(18,33)30(23,5)6/h8-12,14,16,18,23-25,27-29,36,38H,2,13,15,17H2,1,3-7H3/b16-14+/t18-,23+,24+,25+,27+,28-,29+,31+,32+,33-/m1/s1. The summed E-state index contributed by atoms with van der Waals surface area (Å²) in [6, 6.07) is 9.34. The Balaban J connectivity index is 1.69. The van der Waals surface area contributed by atoms with E-state index in [1.54, 1.807) is 13.0 Å². The molecule has 0 aromatic heterocycles. The fourth-order valence-corrected chi connectivity index (χ4v) is 10.2. The van der Waals surface area contributed by atoms with Gasteiger partial charge in [-0.3, -0.25) is 9.59 Å². The number of aliphatic hydroxyl groups is 2. The van der Waals surface area contributed by atoms with Gasteiger partial charge in [-0.2, -0.15) is 0 Å². The van der Waals surface area contributed by atoms with Gasteiger partial charge in [0.25, 0.3) is 0 Å². The topological polar surface area (TPSA) is 119 Å². The second-order valence-corrected chi connectivity index (χ2v) is 13.2. The summed E-state index contributed by atoms with van der Waals surface area (Å²) in [6.45, 7) is 15.2. The Bertz CT molecular complexity index is 1290. The van der Waals surface area contributed by atoms with Crippen molar-refractivity contribution in [2.75, 3.05) is 0 Å².